The van der Waals surface area contributed by atoms with Crippen molar-refractivity contribution in [3.63, 3.8) is 0 Å². The Morgan fingerprint density at radius 2 is 1.67 bits per heavy atom. The molecule has 3 nitrogen and oxygen atoms in total. The molecule has 1 fully saturated rings. The maximum absolute atomic E-state index is 11.5. The first kappa shape index (κ1) is 10.8. The molecule has 1 aliphatic heterocycles. The van der Waals surface area contributed by atoms with Gasteiger partial charge in [-0.3, -0.25) is 14.9 Å². The third-order valence-electron chi connectivity index (χ3n) is 2.30. The van der Waals surface area contributed by atoms with E-state index in [0.29, 0.717) is 0 Å². The number of rotatable bonds is 1. The number of hydrogen-bond acceptors (Lipinski definition) is 2. The topological polar surface area (TPSA) is 46.2 Å². The molecule has 0 aliphatic carbocycles. The summed E-state index contributed by atoms with van der Waals surface area (Å²) in [6, 6.07) is 7.37. The molecule has 0 aromatic heterocycles. The van der Waals surface area contributed by atoms with Crippen LogP contribution in [-0.4, -0.2) is 16.6 Å². The number of benzene rings is 1. The van der Waals surface area contributed by atoms with Crippen LogP contribution in [0, 0.1) is 0 Å². The maximum Gasteiger partial charge on any atom is 0.241 e. The Kier molecular flexibility index (Phi) is 2.93. The van der Waals surface area contributed by atoms with E-state index in [2.05, 4.69) is 37.2 Å². The summed E-state index contributed by atoms with van der Waals surface area (Å²) >= 11 is 6.54. The first-order chi connectivity index (χ1) is 7.09. The lowest BCUT2D eigenvalue weighted by Gasteiger charge is -2.09. The van der Waals surface area contributed by atoms with Gasteiger partial charge in [0.1, 0.15) is 4.83 Å². The zero-order chi connectivity index (χ0) is 11.0. The molecule has 1 saturated heterocycles. The second kappa shape index (κ2) is 4.06. The predicted octanol–water partition coefficient (Wildman–Crippen LogP) is 1.95. The van der Waals surface area contributed by atoms with Gasteiger partial charge in [-0.05, 0) is 17.7 Å². The standard InChI is InChI=1S/C10H7Br2NO2/c11-6-3-1-5(2-4-6)7-8(12)10(15)13-9(7)14/h1-4,7-8H,(H,13,14,15)/t7-,8-/m1/s1. The van der Waals surface area contributed by atoms with E-state index in [4.69, 9.17) is 0 Å². The normalized spacial score (nSPS) is 25.5. The van der Waals surface area contributed by atoms with Crippen LogP contribution in [0.1, 0.15) is 11.5 Å². The number of nitrogens with one attached hydrogen (secondary N) is 1. The highest BCUT2D eigenvalue weighted by Crippen LogP contribution is 2.30. The Morgan fingerprint density at radius 1 is 1.07 bits per heavy atom. The number of halogens is 2. The van der Waals surface area contributed by atoms with E-state index in [1.54, 1.807) is 0 Å². The van der Waals surface area contributed by atoms with Crippen molar-refractivity contribution in [3.8, 4) is 0 Å². The van der Waals surface area contributed by atoms with Gasteiger partial charge in [-0.2, -0.15) is 0 Å². The van der Waals surface area contributed by atoms with Crippen LogP contribution >= 0.6 is 31.9 Å². The number of carbonyl (C=O) groups is 2. The van der Waals surface area contributed by atoms with Gasteiger partial charge in [0.25, 0.3) is 0 Å². The lowest BCUT2D eigenvalue weighted by molar-refractivity contribution is -0.125. The van der Waals surface area contributed by atoms with Gasteiger partial charge in [-0.25, -0.2) is 0 Å². The molecule has 1 heterocycles. The molecule has 0 unspecified atom stereocenters. The second-order valence-corrected chi connectivity index (χ2v) is 5.19. The third-order valence-corrected chi connectivity index (χ3v) is 3.77. The van der Waals surface area contributed by atoms with E-state index in [1.165, 1.54) is 0 Å². The summed E-state index contributed by atoms with van der Waals surface area (Å²) in [5.41, 5.74) is 0.837. The number of imide groups is 1. The van der Waals surface area contributed by atoms with Gasteiger partial charge in [0.2, 0.25) is 11.8 Å². The molecule has 1 aromatic rings. The lowest BCUT2D eigenvalue weighted by Crippen LogP contribution is -2.22. The van der Waals surface area contributed by atoms with Crippen molar-refractivity contribution in [1.82, 2.24) is 5.32 Å². The fraction of sp³-hybridized carbons (Fsp3) is 0.200. The fourth-order valence-electron chi connectivity index (χ4n) is 1.54. The molecule has 0 radical (unpaired) electrons. The summed E-state index contributed by atoms with van der Waals surface area (Å²) in [6.45, 7) is 0. The van der Waals surface area contributed by atoms with Crippen molar-refractivity contribution in [1.29, 1.82) is 0 Å². The Bertz CT molecular complexity index is 416. The monoisotopic (exact) mass is 331 g/mol. The van der Waals surface area contributed by atoms with Crippen LogP contribution in [0.3, 0.4) is 0 Å². The van der Waals surface area contributed by atoms with Gasteiger partial charge < -0.3 is 0 Å². The van der Waals surface area contributed by atoms with Crippen molar-refractivity contribution >= 4 is 43.7 Å². The van der Waals surface area contributed by atoms with E-state index in [0.717, 1.165) is 10.0 Å². The Balaban J connectivity index is 2.34. The summed E-state index contributed by atoms with van der Waals surface area (Å²) in [5.74, 6) is -0.942. The van der Waals surface area contributed by atoms with Gasteiger partial charge in [0.15, 0.2) is 0 Å². The van der Waals surface area contributed by atoms with Gasteiger partial charge in [0.05, 0.1) is 5.92 Å². The third kappa shape index (κ3) is 1.99. The molecule has 0 spiro atoms. The lowest BCUT2D eigenvalue weighted by atomic mass is 9.98. The molecular formula is C10H7Br2NO2. The molecule has 2 atom stereocenters. The maximum atomic E-state index is 11.5. The van der Waals surface area contributed by atoms with Crippen molar-refractivity contribution < 1.29 is 9.59 Å². The Labute approximate surface area is 103 Å². The first-order valence-corrected chi connectivity index (χ1v) is 6.04. The van der Waals surface area contributed by atoms with Gasteiger partial charge in [-0.1, -0.05) is 44.0 Å². The molecule has 1 aromatic carbocycles. The predicted molar refractivity (Wildman–Crippen MR) is 62.7 cm³/mol. The van der Waals surface area contributed by atoms with Crippen LogP contribution in [0.5, 0.6) is 0 Å². The van der Waals surface area contributed by atoms with Crippen molar-refractivity contribution in [3.05, 3.63) is 34.3 Å². The van der Waals surface area contributed by atoms with Crippen LogP contribution in [0.2, 0.25) is 0 Å². The number of alkyl halides is 1. The Morgan fingerprint density at radius 3 is 2.13 bits per heavy atom. The number of hydrogen-bond donors (Lipinski definition) is 1. The van der Waals surface area contributed by atoms with Gasteiger partial charge in [-0.15, -0.1) is 0 Å². The number of amides is 2. The average Bonchev–Trinajstić information content (AvgIpc) is 2.44. The van der Waals surface area contributed by atoms with E-state index in [1.807, 2.05) is 24.3 Å². The molecule has 2 amide bonds. The van der Waals surface area contributed by atoms with Crippen LogP contribution in [0.4, 0.5) is 0 Å². The molecule has 2 rings (SSSR count). The smallest absolute Gasteiger partial charge is 0.241 e. The van der Waals surface area contributed by atoms with Gasteiger partial charge in [0, 0.05) is 4.47 Å². The SMILES string of the molecule is O=C1NC(=O)[C@H](Br)[C@H]1c1ccc(Br)cc1. The summed E-state index contributed by atoms with van der Waals surface area (Å²) in [7, 11) is 0. The molecule has 1 N–H and O–H groups in total. The Hall–Kier alpha value is -0.680. The molecule has 1 aliphatic rings. The largest absolute Gasteiger partial charge is 0.295 e. The molecular weight excluding hydrogens is 326 g/mol. The highest BCUT2D eigenvalue weighted by molar-refractivity contribution is 9.10. The van der Waals surface area contributed by atoms with E-state index >= 15 is 0 Å². The van der Waals surface area contributed by atoms with E-state index in [9.17, 15) is 9.59 Å². The summed E-state index contributed by atoms with van der Waals surface area (Å²) in [4.78, 5) is 22.3. The summed E-state index contributed by atoms with van der Waals surface area (Å²) in [6.07, 6.45) is 0. The van der Waals surface area contributed by atoms with Crippen LogP contribution in [-0.2, 0) is 9.59 Å². The molecule has 15 heavy (non-hydrogen) atoms. The molecule has 0 saturated carbocycles. The van der Waals surface area contributed by atoms with Crippen molar-refractivity contribution in [2.45, 2.75) is 10.7 Å². The summed E-state index contributed by atoms with van der Waals surface area (Å²) < 4.78 is 0.946. The first-order valence-electron chi connectivity index (χ1n) is 4.34. The second-order valence-electron chi connectivity index (χ2n) is 3.28. The van der Waals surface area contributed by atoms with E-state index < -0.39 is 10.7 Å². The van der Waals surface area contributed by atoms with Crippen LogP contribution in [0.25, 0.3) is 0 Å². The highest BCUT2D eigenvalue weighted by atomic mass is 79.9. The van der Waals surface area contributed by atoms with E-state index in [-0.39, 0.29) is 11.8 Å². The zero-order valence-electron chi connectivity index (χ0n) is 7.54. The van der Waals surface area contributed by atoms with Crippen molar-refractivity contribution in [2.24, 2.45) is 0 Å². The van der Waals surface area contributed by atoms with Crippen molar-refractivity contribution in [2.75, 3.05) is 0 Å². The highest BCUT2D eigenvalue weighted by Gasteiger charge is 2.40. The summed E-state index contributed by atoms with van der Waals surface area (Å²) in [5, 5.41) is 2.29. The fourth-order valence-corrected chi connectivity index (χ4v) is 2.47. The van der Waals surface area contributed by atoms with Crippen LogP contribution < -0.4 is 5.32 Å². The average molecular weight is 333 g/mol. The molecule has 5 heteroatoms. The minimum atomic E-state index is -0.467. The van der Waals surface area contributed by atoms with Gasteiger partial charge >= 0.3 is 0 Å². The zero-order valence-corrected chi connectivity index (χ0v) is 10.7. The molecule has 78 valence electrons. The molecule has 0 bridgehead atoms. The quantitative estimate of drug-likeness (QED) is 0.631. The minimum absolute atomic E-state index is 0.246. The number of carbonyl (C=O) groups excluding carboxylic acids is 2. The van der Waals surface area contributed by atoms with Crippen LogP contribution in [0.15, 0.2) is 28.7 Å². The minimum Gasteiger partial charge on any atom is -0.295 e.